The summed E-state index contributed by atoms with van der Waals surface area (Å²) in [5.74, 6) is 0. The third kappa shape index (κ3) is 2.67. The van der Waals surface area contributed by atoms with E-state index < -0.39 is 0 Å². The van der Waals surface area contributed by atoms with Crippen LogP contribution in [0.25, 0.3) is 10.2 Å². The maximum atomic E-state index is 6.13. The molecule has 0 spiro atoms. The number of anilines is 1. The van der Waals surface area contributed by atoms with Gasteiger partial charge in [0.15, 0.2) is 5.13 Å². The first-order chi connectivity index (χ1) is 9.22. The van der Waals surface area contributed by atoms with Crippen molar-refractivity contribution in [3.05, 3.63) is 47.0 Å². The van der Waals surface area contributed by atoms with Crippen molar-refractivity contribution < 1.29 is 0 Å². The summed E-state index contributed by atoms with van der Waals surface area (Å²) in [4.78, 5) is 13.0. The molecule has 3 rings (SSSR count). The fourth-order valence-electron chi connectivity index (χ4n) is 1.67. The van der Waals surface area contributed by atoms with Crippen LogP contribution in [0.4, 0.5) is 5.13 Å². The van der Waals surface area contributed by atoms with Crippen LogP contribution in [0.3, 0.4) is 0 Å². The van der Waals surface area contributed by atoms with E-state index in [1.807, 2.05) is 25.1 Å². The van der Waals surface area contributed by atoms with Gasteiger partial charge in [0.05, 0.1) is 39.4 Å². The Kier molecular flexibility index (Phi) is 3.31. The molecule has 0 saturated heterocycles. The lowest BCUT2D eigenvalue weighted by molar-refractivity contribution is 0.983. The average molecular weight is 291 g/mol. The predicted octanol–water partition coefficient (Wildman–Crippen LogP) is 3.66. The highest BCUT2D eigenvalue weighted by Gasteiger charge is 2.06. The van der Waals surface area contributed by atoms with Crippen LogP contribution in [-0.2, 0) is 6.54 Å². The number of aromatic nitrogens is 3. The molecule has 0 unspecified atom stereocenters. The van der Waals surface area contributed by atoms with Gasteiger partial charge in [0.25, 0.3) is 0 Å². The number of hydrogen-bond donors (Lipinski definition) is 1. The molecule has 2 heterocycles. The molecule has 0 fully saturated rings. The minimum absolute atomic E-state index is 0.602. The Morgan fingerprint density at radius 2 is 2.16 bits per heavy atom. The molecule has 0 radical (unpaired) electrons. The van der Waals surface area contributed by atoms with Crippen molar-refractivity contribution in [1.82, 2.24) is 15.0 Å². The van der Waals surface area contributed by atoms with Crippen LogP contribution in [-0.4, -0.2) is 15.0 Å². The largest absolute Gasteiger partial charge is 0.356 e. The van der Waals surface area contributed by atoms with E-state index in [1.165, 1.54) is 0 Å². The van der Waals surface area contributed by atoms with Crippen LogP contribution in [0.2, 0.25) is 5.02 Å². The van der Waals surface area contributed by atoms with Gasteiger partial charge in [0, 0.05) is 6.20 Å². The molecule has 0 atom stereocenters. The van der Waals surface area contributed by atoms with E-state index in [0.717, 1.165) is 31.8 Å². The first-order valence-electron chi connectivity index (χ1n) is 5.79. The summed E-state index contributed by atoms with van der Waals surface area (Å²) in [6, 6.07) is 5.73. The summed E-state index contributed by atoms with van der Waals surface area (Å²) >= 11 is 7.67. The molecule has 6 heteroatoms. The highest BCUT2D eigenvalue weighted by molar-refractivity contribution is 7.22. The first-order valence-corrected chi connectivity index (χ1v) is 6.98. The SMILES string of the molecule is Cc1cnc(CNc2nc3cccc(Cl)c3s2)cn1. The van der Waals surface area contributed by atoms with E-state index in [1.54, 1.807) is 23.7 Å². The molecular weight excluding hydrogens is 280 g/mol. The lowest BCUT2D eigenvalue weighted by Gasteiger charge is -2.01. The lowest BCUT2D eigenvalue weighted by atomic mass is 10.3. The average Bonchev–Trinajstić information content (AvgIpc) is 2.83. The number of nitrogens with zero attached hydrogens (tertiary/aromatic N) is 3. The fraction of sp³-hybridized carbons (Fsp3) is 0.154. The highest BCUT2D eigenvalue weighted by atomic mass is 35.5. The van der Waals surface area contributed by atoms with Crippen molar-refractivity contribution in [2.45, 2.75) is 13.5 Å². The summed E-state index contributed by atoms with van der Waals surface area (Å²) < 4.78 is 1.00. The third-order valence-electron chi connectivity index (χ3n) is 2.62. The van der Waals surface area contributed by atoms with Crippen molar-refractivity contribution in [3.8, 4) is 0 Å². The quantitative estimate of drug-likeness (QED) is 0.800. The van der Waals surface area contributed by atoms with Crippen LogP contribution in [0, 0.1) is 6.92 Å². The molecule has 0 aliphatic rings. The zero-order valence-corrected chi connectivity index (χ0v) is 11.8. The summed E-state index contributed by atoms with van der Waals surface area (Å²) in [6.07, 6.45) is 3.52. The molecule has 1 N–H and O–H groups in total. The van der Waals surface area contributed by atoms with Crippen molar-refractivity contribution in [2.75, 3.05) is 5.32 Å². The predicted molar refractivity (Wildman–Crippen MR) is 78.7 cm³/mol. The molecular formula is C13H11ClN4S. The Hall–Kier alpha value is -1.72. The second-order valence-corrected chi connectivity index (χ2v) is 5.52. The van der Waals surface area contributed by atoms with Gasteiger partial charge in [-0.2, -0.15) is 0 Å². The van der Waals surface area contributed by atoms with E-state index in [-0.39, 0.29) is 0 Å². The Balaban J connectivity index is 1.78. The van der Waals surface area contributed by atoms with Gasteiger partial charge in [-0.05, 0) is 19.1 Å². The van der Waals surface area contributed by atoms with Gasteiger partial charge in [-0.15, -0.1) is 0 Å². The Morgan fingerprint density at radius 3 is 2.89 bits per heavy atom. The molecule has 0 aliphatic heterocycles. The van der Waals surface area contributed by atoms with E-state index in [2.05, 4.69) is 20.3 Å². The zero-order chi connectivity index (χ0) is 13.2. The van der Waals surface area contributed by atoms with Crippen LogP contribution >= 0.6 is 22.9 Å². The number of halogens is 1. The van der Waals surface area contributed by atoms with Crippen LogP contribution in [0.15, 0.2) is 30.6 Å². The maximum absolute atomic E-state index is 6.13. The third-order valence-corrected chi connectivity index (χ3v) is 4.11. The Bertz CT molecular complexity index is 708. The minimum Gasteiger partial charge on any atom is -0.356 e. The van der Waals surface area contributed by atoms with Crippen molar-refractivity contribution in [1.29, 1.82) is 0 Å². The summed E-state index contributed by atoms with van der Waals surface area (Å²) in [5.41, 5.74) is 2.71. The smallest absolute Gasteiger partial charge is 0.184 e. The normalized spacial score (nSPS) is 10.8. The maximum Gasteiger partial charge on any atom is 0.184 e. The molecule has 1 aromatic carbocycles. The number of hydrogen-bond acceptors (Lipinski definition) is 5. The summed E-state index contributed by atoms with van der Waals surface area (Å²) in [6.45, 7) is 2.52. The van der Waals surface area contributed by atoms with Gasteiger partial charge >= 0.3 is 0 Å². The molecule has 4 nitrogen and oxygen atoms in total. The van der Waals surface area contributed by atoms with Gasteiger partial charge in [0.2, 0.25) is 0 Å². The van der Waals surface area contributed by atoms with Gasteiger partial charge in [-0.25, -0.2) is 4.98 Å². The lowest BCUT2D eigenvalue weighted by Crippen LogP contribution is -2.02. The molecule has 3 aromatic rings. The Labute approximate surface area is 119 Å². The van der Waals surface area contributed by atoms with Crippen LogP contribution in [0.5, 0.6) is 0 Å². The highest BCUT2D eigenvalue weighted by Crippen LogP contribution is 2.31. The van der Waals surface area contributed by atoms with E-state index in [9.17, 15) is 0 Å². The summed E-state index contributed by atoms with van der Waals surface area (Å²) in [5, 5.41) is 4.82. The minimum atomic E-state index is 0.602. The van der Waals surface area contributed by atoms with E-state index in [4.69, 9.17) is 11.6 Å². The monoisotopic (exact) mass is 290 g/mol. The van der Waals surface area contributed by atoms with Crippen molar-refractivity contribution in [2.24, 2.45) is 0 Å². The zero-order valence-electron chi connectivity index (χ0n) is 10.2. The van der Waals surface area contributed by atoms with Gasteiger partial charge < -0.3 is 5.32 Å². The first kappa shape index (κ1) is 12.3. The number of fused-ring (bicyclic) bond motifs is 1. The van der Waals surface area contributed by atoms with Gasteiger partial charge in [0.1, 0.15) is 0 Å². The fourth-order valence-corrected chi connectivity index (χ4v) is 2.82. The molecule has 19 heavy (non-hydrogen) atoms. The Morgan fingerprint density at radius 1 is 1.26 bits per heavy atom. The van der Waals surface area contributed by atoms with Crippen LogP contribution < -0.4 is 5.32 Å². The molecule has 0 bridgehead atoms. The molecule has 0 aliphatic carbocycles. The molecule has 0 saturated carbocycles. The van der Waals surface area contributed by atoms with Crippen molar-refractivity contribution in [3.63, 3.8) is 0 Å². The second kappa shape index (κ2) is 5.11. The van der Waals surface area contributed by atoms with Crippen LogP contribution in [0.1, 0.15) is 11.4 Å². The number of nitrogens with one attached hydrogen (secondary N) is 1. The van der Waals surface area contributed by atoms with E-state index >= 15 is 0 Å². The standard InChI is InChI=1S/C13H11ClN4S/c1-8-5-16-9(6-15-8)7-17-13-18-11-4-2-3-10(14)12(11)19-13/h2-6H,7H2,1H3,(H,17,18). The number of benzene rings is 1. The van der Waals surface area contributed by atoms with Gasteiger partial charge in [-0.1, -0.05) is 29.0 Å². The molecule has 0 amide bonds. The van der Waals surface area contributed by atoms with Crippen molar-refractivity contribution >= 4 is 38.3 Å². The number of rotatable bonds is 3. The van der Waals surface area contributed by atoms with E-state index in [0.29, 0.717) is 6.54 Å². The second-order valence-electron chi connectivity index (χ2n) is 4.11. The topological polar surface area (TPSA) is 50.7 Å². The van der Waals surface area contributed by atoms with Gasteiger partial charge in [-0.3, -0.25) is 9.97 Å². The number of aryl methyl sites for hydroxylation is 1. The number of thiazole rings is 1. The molecule has 2 aromatic heterocycles. The summed E-state index contributed by atoms with van der Waals surface area (Å²) in [7, 11) is 0. The molecule has 96 valence electrons.